The SMILES string of the molecule is Cc1ccccc1-n1nc(C)c2c1N=C1C(Nc3ccc(Br)cc3)=Nc3ccccc3N1C2c1ccccc1OC(F)F. The molecule has 0 saturated carbocycles. The normalized spacial score (nSPS) is 15.3. The average molecular weight is 640 g/mol. The molecule has 0 fully saturated rings. The van der Waals surface area contributed by atoms with Crippen LogP contribution in [0.25, 0.3) is 5.69 Å². The summed E-state index contributed by atoms with van der Waals surface area (Å²) in [5.41, 5.74) is 6.27. The molecule has 7 nitrogen and oxygen atoms in total. The Balaban J connectivity index is 1.51. The summed E-state index contributed by atoms with van der Waals surface area (Å²) >= 11 is 3.50. The first kappa shape index (κ1) is 27.0. The molecule has 1 atom stereocenters. The number of nitrogens with one attached hydrogen (secondary N) is 1. The van der Waals surface area contributed by atoms with E-state index >= 15 is 0 Å². The molecular formula is C33H25BrF2N6O. The van der Waals surface area contributed by atoms with Gasteiger partial charge in [-0.1, -0.05) is 64.5 Å². The number of anilines is 2. The number of aromatic nitrogens is 2. The van der Waals surface area contributed by atoms with Crippen LogP contribution in [0, 0.1) is 13.8 Å². The summed E-state index contributed by atoms with van der Waals surface area (Å²) in [4.78, 5) is 12.2. The van der Waals surface area contributed by atoms with Crippen molar-refractivity contribution >= 4 is 50.5 Å². The van der Waals surface area contributed by atoms with Gasteiger partial charge in [0.2, 0.25) is 0 Å². The molecule has 214 valence electrons. The number of hydrogen-bond donors (Lipinski definition) is 1. The molecule has 43 heavy (non-hydrogen) atoms. The molecule has 4 aromatic carbocycles. The standard InChI is InChI=1S/C33H25BrF2N6O/c1-19-9-3-6-12-25(19)42-31-28(20(2)40-42)29(23-10-4-8-14-27(23)43-33(35)36)41-26-13-7-5-11-24(26)38-30(32(41)39-31)37-22-17-15-21(34)16-18-22/h3-18,29,33H,1-2H3,(H,37,38). The molecule has 1 N–H and O–H groups in total. The van der Waals surface area contributed by atoms with Crippen molar-refractivity contribution in [3.63, 3.8) is 0 Å². The maximum atomic E-state index is 13.7. The lowest BCUT2D eigenvalue weighted by Gasteiger charge is -2.41. The first-order valence-electron chi connectivity index (χ1n) is 13.7. The summed E-state index contributed by atoms with van der Waals surface area (Å²) in [6, 6.07) is 29.7. The summed E-state index contributed by atoms with van der Waals surface area (Å²) in [7, 11) is 0. The highest BCUT2D eigenvalue weighted by Crippen LogP contribution is 2.50. The molecule has 7 rings (SSSR count). The summed E-state index contributed by atoms with van der Waals surface area (Å²) in [5.74, 6) is 1.72. The highest BCUT2D eigenvalue weighted by Gasteiger charge is 2.42. The Kier molecular flexibility index (Phi) is 6.78. The van der Waals surface area contributed by atoms with E-state index in [4.69, 9.17) is 19.8 Å². The maximum absolute atomic E-state index is 13.7. The molecule has 1 unspecified atom stereocenters. The number of benzene rings is 4. The Bertz CT molecular complexity index is 1920. The molecule has 2 aliphatic rings. The van der Waals surface area contributed by atoms with Crippen LogP contribution in [0.2, 0.25) is 0 Å². The van der Waals surface area contributed by atoms with Crippen LogP contribution in [0.15, 0.2) is 112 Å². The fourth-order valence-corrected chi connectivity index (χ4v) is 5.90. The summed E-state index contributed by atoms with van der Waals surface area (Å²) in [6.07, 6.45) is 0. The van der Waals surface area contributed by atoms with Crippen molar-refractivity contribution in [3.8, 4) is 11.4 Å². The number of aliphatic imine (C=N–C) groups is 2. The molecular weight excluding hydrogens is 614 g/mol. The van der Waals surface area contributed by atoms with Gasteiger partial charge >= 0.3 is 6.61 Å². The van der Waals surface area contributed by atoms with E-state index in [0.717, 1.165) is 38.4 Å². The number of halogens is 3. The van der Waals surface area contributed by atoms with E-state index in [1.54, 1.807) is 12.1 Å². The molecule has 2 aliphatic heterocycles. The number of nitrogens with zero attached hydrogens (tertiary/aromatic N) is 5. The fourth-order valence-electron chi connectivity index (χ4n) is 5.64. The van der Waals surface area contributed by atoms with Gasteiger partial charge in [0.25, 0.3) is 0 Å². The van der Waals surface area contributed by atoms with Gasteiger partial charge in [0.15, 0.2) is 17.5 Å². The van der Waals surface area contributed by atoms with Crippen molar-refractivity contribution in [2.75, 3.05) is 10.2 Å². The second-order valence-electron chi connectivity index (χ2n) is 10.2. The van der Waals surface area contributed by atoms with Crippen molar-refractivity contribution in [2.45, 2.75) is 26.5 Å². The topological polar surface area (TPSA) is 67.0 Å². The third kappa shape index (κ3) is 4.77. The molecule has 1 aromatic heterocycles. The quantitative estimate of drug-likeness (QED) is 0.209. The van der Waals surface area contributed by atoms with Gasteiger partial charge in [-0.05, 0) is 67.9 Å². The van der Waals surface area contributed by atoms with Crippen LogP contribution in [0.3, 0.4) is 0 Å². The van der Waals surface area contributed by atoms with E-state index < -0.39 is 12.7 Å². The number of ether oxygens (including phenoxy) is 1. The lowest BCUT2D eigenvalue weighted by atomic mass is 9.92. The highest BCUT2D eigenvalue weighted by molar-refractivity contribution is 9.10. The number of aryl methyl sites for hydroxylation is 2. The smallest absolute Gasteiger partial charge is 0.387 e. The Morgan fingerprint density at radius 3 is 2.30 bits per heavy atom. The Morgan fingerprint density at radius 2 is 1.53 bits per heavy atom. The number of fused-ring (bicyclic) bond motifs is 4. The first-order valence-corrected chi connectivity index (χ1v) is 14.5. The van der Waals surface area contributed by atoms with Crippen molar-refractivity contribution < 1.29 is 13.5 Å². The van der Waals surface area contributed by atoms with E-state index in [9.17, 15) is 8.78 Å². The number of rotatable bonds is 5. The van der Waals surface area contributed by atoms with Crippen LogP contribution in [0.5, 0.6) is 5.75 Å². The van der Waals surface area contributed by atoms with Crippen LogP contribution in [0.4, 0.5) is 31.7 Å². The zero-order chi connectivity index (χ0) is 29.7. The van der Waals surface area contributed by atoms with Gasteiger partial charge in [0.05, 0.1) is 28.8 Å². The van der Waals surface area contributed by atoms with Crippen molar-refractivity contribution in [2.24, 2.45) is 9.98 Å². The second-order valence-corrected chi connectivity index (χ2v) is 11.1. The van der Waals surface area contributed by atoms with E-state index in [2.05, 4.69) is 21.2 Å². The Morgan fingerprint density at radius 1 is 0.837 bits per heavy atom. The van der Waals surface area contributed by atoms with E-state index in [0.29, 0.717) is 28.7 Å². The minimum Gasteiger partial charge on any atom is -0.434 e. The van der Waals surface area contributed by atoms with Crippen LogP contribution < -0.4 is 15.0 Å². The molecule has 5 aromatic rings. The predicted octanol–water partition coefficient (Wildman–Crippen LogP) is 8.65. The summed E-state index contributed by atoms with van der Waals surface area (Å²) in [5, 5.41) is 8.40. The summed E-state index contributed by atoms with van der Waals surface area (Å²) < 4.78 is 35.3. The van der Waals surface area contributed by atoms with Gasteiger partial charge in [-0.3, -0.25) is 0 Å². The van der Waals surface area contributed by atoms with Gasteiger partial charge in [-0.2, -0.15) is 13.9 Å². The minimum atomic E-state index is -2.99. The van der Waals surface area contributed by atoms with Gasteiger partial charge in [0.1, 0.15) is 5.75 Å². The Hall–Kier alpha value is -4.83. The molecule has 0 amide bonds. The number of amidine groups is 2. The van der Waals surface area contributed by atoms with Gasteiger partial charge in [-0.25, -0.2) is 14.7 Å². The zero-order valence-corrected chi connectivity index (χ0v) is 24.8. The molecule has 0 saturated heterocycles. The first-order chi connectivity index (χ1) is 20.9. The molecule has 0 radical (unpaired) electrons. The number of alkyl halides is 2. The lowest BCUT2D eigenvalue weighted by Crippen LogP contribution is -2.46. The zero-order valence-electron chi connectivity index (χ0n) is 23.2. The van der Waals surface area contributed by atoms with Gasteiger partial charge in [0, 0.05) is 21.3 Å². The monoisotopic (exact) mass is 638 g/mol. The molecule has 0 aliphatic carbocycles. The third-order valence-corrected chi connectivity index (χ3v) is 8.05. The maximum Gasteiger partial charge on any atom is 0.387 e. The lowest BCUT2D eigenvalue weighted by molar-refractivity contribution is -0.0505. The molecule has 10 heteroatoms. The predicted molar refractivity (Wildman–Crippen MR) is 169 cm³/mol. The number of para-hydroxylation sites is 4. The summed E-state index contributed by atoms with van der Waals surface area (Å²) in [6.45, 7) is 0.948. The minimum absolute atomic E-state index is 0.0835. The van der Waals surface area contributed by atoms with Crippen LogP contribution in [0.1, 0.15) is 28.4 Å². The highest BCUT2D eigenvalue weighted by atomic mass is 79.9. The molecule has 3 heterocycles. The van der Waals surface area contributed by atoms with E-state index in [1.165, 1.54) is 0 Å². The van der Waals surface area contributed by atoms with Crippen LogP contribution in [-0.4, -0.2) is 28.1 Å². The van der Waals surface area contributed by atoms with Crippen LogP contribution in [-0.2, 0) is 0 Å². The molecule has 0 spiro atoms. The van der Waals surface area contributed by atoms with Crippen LogP contribution >= 0.6 is 15.9 Å². The third-order valence-electron chi connectivity index (χ3n) is 7.52. The average Bonchev–Trinajstić information content (AvgIpc) is 3.33. The Labute approximate surface area is 255 Å². The number of hydrogen-bond acceptors (Lipinski definition) is 6. The van der Waals surface area contributed by atoms with Crippen molar-refractivity contribution in [1.82, 2.24) is 9.78 Å². The van der Waals surface area contributed by atoms with E-state index in [-0.39, 0.29) is 5.75 Å². The molecule has 0 bridgehead atoms. The fraction of sp³-hybridized carbons (Fsp3) is 0.121. The van der Waals surface area contributed by atoms with E-state index in [1.807, 2.05) is 108 Å². The van der Waals surface area contributed by atoms with Crippen molar-refractivity contribution in [1.29, 1.82) is 0 Å². The van der Waals surface area contributed by atoms with Gasteiger partial charge in [-0.15, -0.1) is 0 Å². The van der Waals surface area contributed by atoms with Crippen molar-refractivity contribution in [3.05, 3.63) is 124 Å². The largest absolute Gasteiger partial charge is 0.434 e. The van der Waals surface area contributed by atoms with Gasteiger partial charge < -0.3 is 15.0 Å². The second kappa shape index (κ2) is 10.8.